The Morgan fingerprint density at radius 2 is 1.32 bits per heavy atom. The maximum Gasteiger partial charge on any atom is 0.338 e. The van der Waals surface area contributed by atoms with Gasteiger partial charge in [0.2, 0.25) is 0 Å². The Morgan fingerprint density at radius 3 is 1.87 bits per heavy atom. The number of carbonyl (C=O) groups excluding carboxylic acids is 4. The molecule has 1 aliphatic rings. The minimum Gasteiger partial charge on any atom is -0.462 e. The van der Waals surface area contributed by atoms with Crippen LogP contribution < -0.4 is 0 Å². The zero-order valence-electron chi connectivity index (χ0n) is 20.9. The van der Waals surface area contributed by atoms with Crippen molar-refractivity contribution in [3.63, 3.8) is 0 Å². The molecule has 0 aromatic heterocycles. The standard InChI is InChI=1S/C28H28Br2O8/c1-17-4-3-5-25(31)36-18(2)16-24(38-28(34)20-8-12-22(30)13-9-20)23(14-15-26(32)35-17)37-27(33)19-6-10-21(29)11-7-19/h3,5-13,17-18,23-24H,4,14-16H2,1-2H3/b5-3+/t17-,18-,23-,24-/m1/s1. The second-order valence-electron chi connectivity index (χ2n) is 8.86. The highest BCUT2D eigenvalue weighted by Gasteiger charge is 2.33. The van der Waals surface area contributed by atoms with Crippen LogP contribution in [0.3, 0.4) is 0 Å². The first-order valence-corrected chi connectivity index (χ1v) is 13.7. The third-order valence-corrected chi connectivity index (χ3v) is 6.72. The summed E-state index contributed by atoms with van der Waals surface area (Å²) in [6, 6.07) is 13.1. The third-order valence-electron chi connectivity index (χ3n) is 5.66. The molecule has 202 valence electrons. The minimum absolute atomic E-state index is 0.0304. The van der Waals surface area contributed by atoms with Crippen LogP contribution in [-0.2, 0) is 28.5 Å². The van der Waals surface area contributed by atoms with E-state index in [0.717, 1.165) is 8.95 Å². The van der Waals surface area contributed by atoms with E-state index >= 15 is 0 Å². The van der Waals surface area contributed by atoms with E-state index in [9.17, 15) is 19.2 Å². The first-order valence-electron chi connectivity index (χ1n) is 12.1. The molecule has 8 nitrogen and oxygen atoms in total. The Kier molecular flexibility index (Phi) is 11.1. The van der Waals surface area contributed by atoms with Gasteiger partial charge in [-0.25, -0.2) is 14.4 Å². The average Bonchev–Trinajstić information content (AvgIpc) is 2.86. The fourth-order valence-electron chi connectivity index (χ4n) is 3.74. The predicted molar refractivity (Wildman–Crippen MR) is 145 cm³/mol. The maximum absolute atomic E-state index is 13.0. The summed E-state index contributed by atoms with van der Waals surface area (Å²) in [5.41, 5.74) is 0.567. The highest BCUT2D eigenvalue weighted by molar-refractivity contribution is 9.10. The number of carbonyl (C=O) groups is 4. The number of esters is 4. The fourth-order valence-corrected chi connectivity index (χ4v) is 4.27. The molecular formula is C28H28Br2O8. The van der Waals surface area contributed by atoms with Crippen molar-refractivity contribution in [2.45, 2.75) is 63.9 Å². The second-order valence-corrected chi connectivity index (χ2v) is 10.7. The Bertz CT molecular complexity index is 1160. The van der Waals surface area contributed by atoms with Crippen molar-refractivity contribution in [2.75, 3.05) is 0 Å². The number of hydrogen-bond acceptors (Lipinski definition) is 8. The van der Waals surface area contributed by atoms with Crippen LogP contribution in [-0.4, -0.2) is 48.3 Å². The minimum atomic E-state index is -1.02. The smallest absolute Gasteiger partial charge is 0.338 e. The van der Waals surface area contributed by atoms with Crippen LogP contribution >= 0.6 is 31.9 Å². The summed E-state index contributed by atoms with van der Waals surface area (Å²) in [5, 5.41) is 0. The summed E-state index contributed by atoms with van der Waals surface area (Å²) in [7, 11) is 0. The van der Waals surface area contributed by atoms with Crippen LogP contribution in [0.25, 0.3) is 0 Å². The van der Waals surface area contributed by atoms with Gasteiger partial charge in [0.1, 0.15) is 24.4 Å². The molecule has 10 heteroatoms. The molecule has 3 rings (SSSR count). The van der Waals surface area contributed by atoms with E-state index < -0.39 is 48.3 Å². The number of cyclic esters (lactones) is 2. The first-order chi connectivity index (χ1) is 18.1. The van der Waals surface area contributed by atoms with Gasteiger partial charge in [0, 0.05) is 34.3 Å². The fraction of sp³-hybridized carbons (Fsp3) is 0.357. The van der Waals surface area contributed by atoms with E-state index in [1.54, 1.807) is 68.5 Å². The van der Waals surface area contributed by atoms with Crippen molar-refractivity contribution in [1.29, 1.82) is 0 Å². The zero-order valence-corrected chi connectivity index (χ0v) is 24.1. The molecule has 0 unspecified atom stereocenters. The molecule has 0 bridgehead atoms. The number of halogens is 2. The van der Waals surface area contributed by atoms with E-state index in [1.807, 2.05) is 0 Å². The third kappa shape index (κ3) is 9.40. The first kappa shape index (κ1) is 29.6. The summed E-state index contributed by atoms with van der Waals surface area (Å²) in [6.45, 7) is 3.36. The maximum atomic E-state index is 13.0. The quantitative estimate of drug-likeness (QED) is 0.295. The van der Waals surface area contributed by atoms with Gasteiger partial charge in [-0.05, 0) is 68.8 Å². The summed E-state index contributed by atoms with van der Waals surface area (Å²) >= 11 is 6.66. The topological polar surface area (TPSA) is 105 Å². The molecule has 0 saturated carbocycles. The van der Waals surface area contributed by atoms with Crippen molar-refractivity contribution < 1.29 is 38.1 Å². The number of rotatable bonds is 4. The van der Waals surface area contributed by atoms with E-state index in [-0.39, 0.29) is 30.4 Å². The number of hydrogen-bond donors (Lipinski definition) is 0. The van der Waals surface area contributed by atoms with Crippen LogP contribution in [0.4, 0.5) is 0 Å². The van der Waals surface area contributed by atoms with E-state index in [1.165, 1.54) is 6.08 Å². The van der Waals surface area contributed by atoms with Gasteiger partial charge in [0.15, 0.2) is 0 Å². The van der Waals surface area contributed by atoms with E-state index in [4.69, 9.17) is 18.9 Å². The lowest BCUT2D eigenvalue weighted by Crippen LogP contribution is -2.39. The van der Waals surface area contributed by atoms with Crippen molar-refractivity contribution >= 4 is 55.7 Å². The van der Waals surface area contributed by atoms with E-state index in [2.05, 4.69) is 31.9 Å². The predicted octanol–water partition coefficient (Wildman–Crippen LogP) is 5.96. The van der Waals surface area contributed by atoms with Crippen molar-refractivity contribution in [1.82, 2.24) is 0 Å². The van der Waals surface area contributed by atoms with Gasteiger partial charge in [-0.1, -0.05) is 37.9 Å². The van der Waals surface area contributed by atoms with Crippen molar-refractivity contribution in [2.24, 2.45) is 0 Å². The van der Waals surface area contributed by atoms with Gasteiger partial charge in [0.25, 0.3) is 0 Å². The molecular weight excluding hydrogens is 624 g/mol. The molecule has 1 aliphatic heterocycles. The lowest BCUT2D eigenvalue weighted by molar-refractivity contribution is -0.149. The SMILES string of the molecule is C[C@@H]1C[C@@H](OC(=O)c2ccc(Br)cc2)[C@H](OC(=O)c2ccc(Br)cc2)CCC(=O)O[C@H](C)C/C=C/C(=O)O1. The number of ether oxygens (including phenoxy) is 4. The van der Waals surface area contributed by atoms with Crippen LogP contribution in [0, 0.1) is 0 Å². The molecule has 0 amide bonds. The molecule has 0 radical (unpaired) electrons. The highest BCUT2D eigenvalue weighted by atomic mass is 79.9. The Balaban J connectivity index is 1.91. The molecule has 0 fully saturated rings. The largest absolute Gasteiger partial charge is 0.462 e. The van der Waals surface area contributed by atoms with E-state index in [0.29, 0.717) is 6.42 Å². The molecule has 2 aromatic carbocycles. The molecule has 0 N–H and O–H groups in total. The van der Waals surface area contributed by atoms with Crippen LogP contribution in [0.2, 0.25) is 0 Å². The molecule has 0 aliphatic carbocycles. The van der Waals surface area contributed by atoms with Crippen LogP contribution in [0.5, 0.6) is 0 Å². The average molecular weight is 652 g/mol. The van der Waals surface area contributed by atoms with Crippen LogP contribution in [0.1, 0.15) is 60.2 Å². The lowest BCUT2D eigenvalue weighted by Gasteiger charge is -2.29. The Hall–Kier alpha value is -2.98. The monoisotopic (exact) mass is 650 g/mol. The summed E-state index contributed by atoms with van der Waals surface area (Å²) in [6.07, 6.45) is -0.0324. The molecule has 0 spiro atoms. The van der Waals surface area contributed by atoms with Gasteiger partial charge < -0.3 is 18.9 Å². The summed E-state index contributed by atoms with van der Waals surface area (Å²) in [4.78, 5) is 50.8. The zero-order chi connectivity index (χ0) is 27.7. The Morgan fingerprint density at radius 1 is 0.789 bits per heavy atom. The van der Waals surface area contributed by atoms with Gasteiger partial charge in [-0.3, -0.25) is 4.79 Å². The van der Waals surface area contributed by atoms with Crippen molar-refractivity contribution in [3.05, 3.63) is 80.8 Å². The molecule has 1 heterocycles. The highest BCUT2D eigenvalue weighted by Crippen LogP contribution is 2.23. The normalized spacial score (nSPS) is 23.8. The second kappa shape index (κ2) is 14.2. The molecule has 2 aromatic rings. The summed E-state index contributed by atoms with van der Waals surface area (Å²) < 4.78 is 24.0. The van der Waals surface area contributed by atoms with Gasteiger partial charge in [0.05, 0.1) is 11.1 Å². The van der Waals surface area contributed by atoms with Gasteiger partial charge in [-0.15, -0.1) is 0 Å². The molecule has 4 atom stereocenters. The molecule has 38 heavy (non-hydrogen) atoms. The summed E-state index contributed by atoms with van der Waals surface area (Å²) in [5.74, 6) is -2.39. The Labute approximate surface area is 237 Å². The van der Waals surface area contributed by atoms with Crippen LogP contribution in [0.15, 0.2) is 69.6 Å². The lowest BCUT2D eigenvalue weighted by atomic mass is 10.0. The van der Waals surface area contributed by atoms with Gasteiger partial charge >= 0.3 is 23.9 Å². The van der Waals surface area contributed by atoms with Gasteiger partial charge in [-0.2, -0.15) is 0 Å². The number of benzene rings is 2. The molecule has 0 saturated heterocycles. The van der Waals surface area contributed by atoms with Crippen molar-refractivity contribution in [3.8, 4) is 0 Å².